The summed E-state index contributed by atoms with van der Waals surface area (Å²) in [6.45, 7) is 4.20. The minimum absolute atomic E-state index is 0. The van der Waals surface area contributed by atoms with Gasteiger partial charge in [-0.05, 0) is 49.6 Å². The van der Waals surface area contributed by atoms with Crippen LogP contribution in [0.3, 0.4) is 0 Å². The molecule has 0 amide bonds. The third-order valence-corrected chi connectivity index (χ3v) is 7.20. The number of thioether (sulfide) groups is 1. The van der Waals surface area contributed by atoms with Gasteiger partial charge in [0.15, 0.2) is 15.8 Å². The number of sulfone groups is 1. The van der Waals surface area contributed by atoms with Gasteiger partial charge in [0.25, 0.3) is 0 Å². The Morgan fingerprint density at radius 1 is 1.07 bits per heavy atom. The summed E-state index contributed by atoms with van der Waals surface area (Å²) in [5.74, 6) is 0.787. The van der Waals surface area contributed by atoms with E-state index in [4.69, 9.17) is 0 Å². The van der Waals surface area contributed by atoms with Crippen LogP contribution in [0.5, 0.6) is 0 Å². The molecular weight excluding hydrogens is 517 g/mol. The quantitative estimate of drug-likeness (QED) is 0.297. The highest BCUT2D eigenvalue weighted by atomic mass is 127. The van der Waals surface area contributed by atoms with Crippen LogP contribution in [0.4, 0.5) is 0 Å². The average molecular weight is 546 g/mol. The average Bonchev–Trinajstić information content (AvgIpc) is 3.44. The fourth-order valence-corrected chi connectivity index (χ4v) is 4.67. The third-order valence-electron chi connectivity index (χ3n) is 4.58. The topological polar surface area (TPSA) is 70.6 Å². The minimum Gasteiger partial charge on any atom is -0.357 e. The summed E-state index contributed by atoms with van der Waals surface area (Å²) in [7, 11) is -3.17. The first-order valence-electron chi connectivity index (χ1n) is 9.45. The lowest BCUT2D eigenvalue weighted by molar-refractivity contribution is 0.602. The molecule has 8 heteroatoms. The second kappa shape index (κ2) is 10.7. The summed E-state index contributed by atoms with van der Waals surface area (Å²) in [6.07, 6.45) is 3.62. The van der Waals surface area contributed by atoms with E-state index in [-0.39, 0.29) is 28.7 Å². The molecule has 0 aromatic heterocycles. The third kappa shape index (κ3) is 7.49. The van der Waals surface area contributed by atoms with Gasteiger partial charge in [-0.25, -0.2) is 13.4 Å². The molecule has 2 aromatic rings. The van der Waals surface area contributed by atoms with Gasteiger partial charge < -0.3 is 10.6 Å². The highest BCUT2D eigenvalue weighted by molar-refractivity contribution is 14.0. The molecule has 1 fully saturated rings. The standard InChI is InChI=1S/C21H27N3O2S2.HI/c1-3-22-20(23-15-17-9-11-19(12-10-17)28(2,25)26)24-16-21(13-14-21)27-18-7-5-4-6-8-18;/h4-12H,3,13-16H2,1-2H3,(H2,22,23,24);1H. The van der Waals surface area contributed by atoms with E-state index in [1.165, 1.54) is 24.0 Å². The first kappa shape index (κ1) is 24.0. The highest BCUT2D eigenvalue weighted by Crippen LogP contribution is 2.51. The molecule has 1 saturated carbocycles. The Morgan fingerprint density at radius 3 is 2.28 bits per heavy atom. The van der Waals surface area contributed by atoms with Crippen molar-refractivity contribution in [3.63, 3.8) is 0 Å². The summed E-state index contributed by atoms with van der Waals surface area (Å²) in [5, 5.41) is 6.76. The monoisotopic (exact) mass is 545 g/mol. The van der Waals surface area contributed by atoms with Crippen LogP contribution in [0.1, 0.15) is 25.3 Å². The molecule has 0 saturated heterocycles. The maximum absolute atomic E-state index is 11.6. The predicted molar refractivity (Wildman–Crippen MR) is 132 cm³/mol. The Balaban J connectivity index is 0.00000300. The van der Waals surface area contributed by atoms with Crippen LogP contribution in [0.15, 0.2) is 69.4 Å². The molecule has 2 N–H and O–H groups in total. The Kier molecular flexibility index (Phi) is 8.84. The van der Waals surface area contributed by atoms with Crippen LogP contribution < -0.4 is 10.6 Å². The maximum atomic E-state index is 11.6. The van der Waals surface area contributed by atoms with E-state index in [9.17, 15) is 8.42 Å². The van der Waals surface area contributed by atoms with Crippen LogP contribution in [0.25, 0.3) is 0 Å². The summed E-state index contributed by atoms with van der Waals surface area (Å²) in [6, 6.07) is 17.4. The second-order valence-electron chi connectivity index (χ2n) is 7.06. The van der Waals surface area contributed by atoms with E-state index in [2.05, 4.69) is 39.9 Å². The molecular formula is C21H28IN3O2S2. The minimum atomic E-state index is -3.17. The zero-order chi connectivity index (χ0) is 20.0. The van der Waals surface area contributed by atoms with Crippen molar-refractivity contribution in [2.24, 2.45) is 4.99 Å². The molecule has 5 nitrogen and oxygen atoms in total. The van der Waals surface area contributed by atoms with Crippen LogP contribution >= 0.6 is 35.7 Å². The fraction of sp³-hybridized carbons (Fsp3) is 0.381. The number of halogens is 1. The Hall–Kier alpha value is -1.26. The van der Waals surface area contributed by atoms with Crippen molar-refractivity contribution in [1.29, 1.82) is 0 Å². The predicted octanol–water partition coefficient (Wildman–Crippen LogP) is 4.09. The second-order valence-corrected chi connectivity index (χ2v) is 10.6. The summed E-state index contributed by atoms with van der Waals surface area (Å²) >= 11 is 1.93. The van der Waals surface area contributed by atoms with Crippen molar-refractivity contribution < 1.29 is 8.42 Å². The number of guanidine groups is 1. The van der Waals surface area contributed by atoms with Crippen molar-refractivity contribution in [3.8, 4) is 0 Å². The summed E-state index contributed by atoms with van der Waals surface area (Å²) < 4.78 is 23.4. The molecule has 0 atom stereocenters. The molecule has 0 radical (unpaired) electrons. The largest absolute Gasteiger partial charge is 0.357 e. The lowest BCUT2D eigenvalue weighted by Crippen LogP contribution is -2.41. The summed E-state index contributed by atoms with van der Waals surface area (Å²) in [4.78, 5) is 6.28. The van der Waals surface area contributed by atoms with E-state index in [1.807, 2.05) is 36.9 Å². The van der Waals surface area contributed by atoms with Gasteiger partial charge in [-0.2, -0.15) is 0 Å². The van der Waals surface area contributed by atoms with Crippen molar-refractivity contribution in [3.05, 3.63) is 60.2 Å². The number of hydrogen-bond acceptors (Lipinski definition) is 4. The van der Waals surface area contributed by atoms with E-state index >= 15 is 0 Å². The van der Waals surface area contributed by atoms with Crippen LogP contribution in [0.2, 0.25) is 0 Å². The number of nitrogens with one attached hydrogen (secondary N) is 2. The molecule has 0 heterocycles. The first-order valence-corrected chi connectivity index (χ1v) is 12.2. The molecule has 158 valence electrons. The smallest absolute Gasteiger partial charge is 0.191 e. The molecule has 0 unspecified atom stereocenters. The van der Waals surface area contributed by atoms with Gasteiger partial charge in [-0.3, -0.25) is 0 Å². The normalized spacial score (nSPS) is 15.3. The van der Waals surface area contributed by atoms with Gasteiger partial charge in [-0.1, -0.05) is 30.3 Å². The molecule has 0 bridgehead atoms. The zero-order valence-corrected chi connectivity index (χ0v) is 20.7. The number of nitrogens with zero attached hydrogens (tertiary/aromatic N) is 1. The van der Waals surface area contributed by atoms with Gasteiger partial charge in [-0.15, -0.1) is 35.7 Å². The molecule has 1 aliphatic rings. The van der Waals surface area contributed by atoms with Crippen molar-refractivity contribution in [2.45, 2.75) is 40.8 Å². The zero-order valence-electron chi connectivity index (χ0n) is 16.7. The van der Waals surface area contributed by atoms with Crippen LogP contribution in [0, 0.1) is 0 Å². The number of benzene rings is 2. The number of aliphatic imine (C=N–C) groups is 1. The maximum Gasteiger partial charge on any atom is 0.191 e. The van der Waals surface area contributed by atoms with E-state index in [1.54, 1.807) is 12.1 Å². The van der Waals surface area contributed by atoms with E-state index < -0.39 is 9.84 Å². The SMILES string of the molecule is CCNC(=NCc1ccc(S(C)(=O)=O)cc1)NCC1(Sc2ccccc2)CC1.I. The number of rotatable bonds is 8. The Bertz CT molecular complexity index is 913. The van der Waals surface area contributed by atoms with Gasteiger partial charge in [0.05, 0.1) is 11.4 Å². The van der Waals surface area contributed by atoms with Gasteiger partial charge in [0.2, 0.25) is 0 Å². The molecule has 0 spiro atoms. The number of hydrogen-bond donors (Lipinski definition) is 2. The van der Waals surface area contributed by atoms with E-state index in [0.29, 0.717) is 11.4 Å². The van der Waals surface area contributed by atoms with Gasteiger partial charge in [0.1, 0.15) is 0 Å². The molecule has 29 heavy (non-hydrogen) atoms. The molecule has 3 rings (SSSR count). The van der Waals surface area contributed by atoms with Crippen molar-refractivity contribution in [1.82, 2.24) is 10.6 Å². The van der Waals surface area contributed by atoms with Crippen molar-refractivity contribution >= 4 is 51.5 Å². The fourth-order valence-electron chi connectivity index (χ4n) is 2.79. The van der Waals surface area contributed by atoms with Crippen molar-refractivity contribution in [2.75, 3.05) is 19.3 Å². The van der Waals surface area contributed by atoms with Crippen LogP contribution in [-0.4, -0.2) is 38.5 Å². The molecule has 1 aliphatic carbocycles. The van der Waals surface area contributed by atoms with Gasteiger partial charge >= 0.3 is 0 Å². The Labute approximate surface area is 195 Å². The highest BCUT2D eigenvalue weighted by Gasteiger charge is 2.43. The molecule has 0 aliphatic heterocycles. The lowest BCUT2D eigenvalue weighted by Gasteiger charge is -2.18. The lowest BCUT2D eigenvalue weighted by atomic mass is 10.2. The van der Waals surface area contributed by atoms with Crippen LogP contribution in [-0.2, 0) is 16.4 Å². The van der Waals surface area contributed by atoms with Gasteiger partial charge in [0, 0.05) is 29.0 Å². The summed E-state index contributed by atoms with van der Waals surface area (Å²) in [5.41, 5.74) is 0.976. The molecule has 2 aromatic carbocycles. The Morgan fingerprint density at radius 2 is 1.72 bits per heavy atom. The van der Waals surface area contributed by atoms with E-state index in [0.717, 1.165) is 24.6 Å². The first-order chi connectivity index (χ1) is 13.4.